The van der Waals surface area contributed by atoms with Crippen LogP contribution in [0.1, 0.15) is 5.56 Å². The summed E-state index contributed by atoms with van der Waals surface area (Å²) in [7, 11) is 0. The van der Waals surface area contributed by atoms with Crippen LogP contribution in [0, 0.1) is 0 Å². The van der Waals surface area contributed by atoms with Crippen LogP contribution in [0.15, 0.2) is 35.5 Å². The van der Waals surface area contributed by atoms with E-state index in [1.54, 1.807) is 24.3 Å². The van der Waals surface area contributed by atoms with E-state index in [0.29, 0.717) is 0 Å². The van der Waals surface area contributed by atoms with Crippen molar-refractivity contribution in [1.29, 1.82) is 0 Å². The molecule has 74 valence electrons. The van der Waals surface area contributed by atoms with E-state index < -0.39 is 5.91 Å². The van der Waals surface area contributed by atoms with Crippen molar-refractivity contribution in [2.75, 3.05) is 0 Å². The number of carbonyl (C=O) groups excluding carboxylic acids is 1. The number of hydrogen-bond donors (Lipinski definition) is 3. The van der Waals surface area contributed by atoms with Crippen LogP contribution in [-0.2, 0) is 11.2 Å². The van der Waals surface area contributed by atoms with Crippen molar-refractivity contribution in [3.8, 4) is 0 Å². The summed E-state index contributed by atoms with van der Waals surface area (Å²) in [6.45, 7) is 0. The van der Waals surface area contributed by atoms with Crippen LogP contribution in [0.25, 0.3) is 0 Å². The molecule has 5 nitrogen and oxygen atoms in total. The third-order valence-electron chi connectivity index (χ3n) is 1.70. The van der Waals surface area contributed by atoms with Gasteiger partial charge in [0, 0.05) is 6.42 Å². The number of hydrogen-bond acceptors (Lipinski definition) is 4. The van der Waals surface area contributed by atoms with E-state index in [0.717, 1.165) is 5.56 Å². The minimum atomic E-state index is -0.809. The van der Waals surface area contributed by atoms with Crippen molar-refractivity contribution in [2.45, 2.75) is 6.42 Å². The minimum Gasteiger partial charge on any atom is -0.410 e. The van der Waals surface area contributed by atoms with Crippen molar-refractivity contribution in [1.82, 2.24) is 5.48 Å². The van der Waals surface area contributed by atoms with Crippen LogP contribution in [0.3, 0.4) is 0 Å². The van der Waals surface area contributed by atoms with Gasteiger partial charge in [-0.05, 0) is 5.56 Å². The Labute approximate surface area is 80.6 Å². The number of nitrogens with zero attached hydrogens (tertiary/aromatic N) is 1. The molecule has 0 heterocycles. The van der Waals surface area contributed by atoms with E-state index in [1.807, 2.05) is 6.07 Å². The Bertz CT molecular complexity index is 335. The zero-order valence-corrected chi connectivity index (χ0v) is 7.34. The Balaban J connectivity index is 2.73. The molecule has 0 aliphatic carbocycles. The lowest BCUT2D eigenvalue weighted by molar-refractivity contribution is -0.122. The highest BCUT2D eigenvalue weighted by Crippen LogP contribution is 2.00. The van der Waals surface area contributed by atoms with Gasteiger partial charge in [0.2, 0.25) is 0 Å². The van der Waals surface area contributed by atoms with Gasteiger partial charge in [0.25, 0.3) is 5.91 Å². The smallest absolute Gasteiger partial charge is 0.292 e. The molecular formula is C9H10N2O3. The third-order valence-corrected chi connectivity index (χ3v) is 1.70. The highest BCUT2D eigenvalue weighted by atomic mass is 16.5. The van der Waals surface area contributed by atoms with Gasteiger partial charge in [0.05, 0.1) is 0 Å². The van der Waals surface area contributed by atoms with Crippen molar-refractivity contribution in [2.24, 2.45) is 5.16 Å². The predicted molar refractivity (Wildman–Crippen MR) is 49.3 cm³/mol. The van der Waals surface area contributed by atoms with Crippen LogP contribution in [0.5, 0.6) is 0 Å². The Morgan fingerprint density at radius 3 is 2.50 bits per heavy atom. The number of hydroxylamine groups is 1. The number of oxime groups is 1. The van der Waals surface area contributed by atoms with Crippen LogP contribution in [0.4, 0.5) is 0 Å². The second kappa shape index (κ2) is 4.98. The predicted octanol–water partition coefficient (Wildman–Crippen LogP) is 0.565. The summed E-state index contributed by atoms with van der Waals surface area (Å²) in [4.78, 5) is 10.9. The Kier molecular flexibility index (Phi) is 3.63. The van der Waals surface area contributed by atoms with Crippen LogP contribution < -0.4 is 5.48 Å². The lowest BCUT2D eigenvalue weighted by atomic mass is 10.1. The molecule has 5 heteroatoms. The number of carbonyl (C=O) groups is 1. The molecule has 0 saturated heterocycles. The van der Waals surface area contributed by atoms with E-state index >= 15 is 0 Å². The van der Waals surface area contributed by atoms with Gasteiger partial charge in [-0.1, -0.05) is 35.5 Å². The van der Waals surface area contributed by atoms with Gasteiger partial charge >= 0.3 is 0 Å². The van der Waals surface area contributed by atoms with Crippen molar-refractivity contribution >= 4 is 11.6 Å². The summed E-state index contributed by atoms with van der Waals surface area (Å²) in [6, 6.07) is 9.03. The molecule has 0 unspecified atom stereocenters. The van der Waals surface area contributed by atoms with E-state index in [4.69, 9.17) is 10.4 Å². The van der Waals surface area contributed by atoms with Crippen LogP contribution in [0.2, 0.25) is 0 Å². The Morgan fingerprint density at radius 1 is 1.36 bits per heavy atom. The fourth-order valence-electron chi connectivity index (χ4n) is 1.01. The highest BCUT2D eigenvalue weighted by molar-refractivity contribution is 6.38. The maximum Gasteiger partial charge on any atom is 0.292 e. The molecule has 0 aromatic heterocycles. The van der Waals surface area contributed by atoms with E-state index in [2.05, 4.69) is 5.16 Å². The number of benzene rings is 1. The molecule has 14 heavy (non-hydrogen) atoms. The zero-order chi connectivity index (χ0) is 10.4. The monoisotopic (exact) mass is 194 g/mol. The summed E-state index contributed by atoms with van der Waals surface area (Å²) in [5.41, 5.74) is 2.09. The van der Waals surface area contributed by atoms with E-state index in [1.165, 1.54) is 5.48 Å². The largest absolute Gasteiger partial charge is 0.410 e. The topological polar surface area (TPSA) is 81.9 Å². The average Bonchev–Trinajstić information content (AvgIpc) is 2.26. The van der Waals surface area contributed by atoms with Gasteiger partial charge < -0.3 is 5.21 Å². The van der Waals surface area contributed by atoms with Crippen molar-refractivity contribution in [3.05, 3.63) is 35.9 Å². The maximum absolute atomic E-state index is 10.9. The fraction of sp³-hybridized carbons (Fsp3) is 0.111. The summed E-state index contributed by atoms with van der Waals surface area (Å²) < 4.78 is 0. The molecule has 0 radical (unpaired) electrons. The molecule has 0 saturated carbocycles. The molecular weight excluding hydrogens is 184 g/mol. The first-order valence-corrected chi connectivity index (χ1v) is 3.97. The molecule has 1 aromatic rings. The van der Waals surface area contributed by atoms with Gasteiger partial charge in [-0.3, -0.25) is 10.0 Å². The molecule has 1 rings (SSSR count). The standard InChI is InChI=1S/C9H10N2O3/c12-9(11-14)8(10-13)6-7-4-2-1-3-5-7/h1-5,13-14H,6H2,(H,11,12)/b10-8-. The third kappa shape index (κ3) is 2.56. The molecule has 0 fully saturated rings. The van der Waals surface area contributed by atoms with Gasteiger partial charge in [-0.2, -0.15) is 0 Å². The first-order chi connectivity index (χ1) is 6.77. The quantitative estimate of drug-likeness (QED) is 0.284. The molecule has 0 aliphatic rings. The van der Waals surface area contributed by atoms with Crippen molar-refractivity contribution < 1.29 is 15.2 Å². The number of rotatable bonds is 3. The maximum atomic E-state index is 10.9. The number of nitrogens with one attached hydrogen (secondary N) is 1. The van der Waals surface area contributed by atoms with Gasteiger partial charge in [0.1, 0.15) is 0 Å². The molecule has 1 aromatic carbocycles. The second-order valence-electron chi connectivity index (χ2n) is 2.65. The second-order valence-corrected chi connectivity index (χ2v) is 2.65. The summed E-state index contributed by atoms with van der Waals surface area (Å²) in [5, 5.41) is 19.6. The summed E-state index contributed by atoms with van der Waals surface area (Å²) in [5.74, 6) is -0.809. The van der Waals surface area contributed by atoms with Gasteiger partial charge in [-0.25, -0.2) is 5.48 Å². The molecule has 0 aliphatic heterocycles. The first kappa shape index (κ1) is 10.2. The van der Waals surface area contributed by atoms with Gasteiger partial charge in [0.15, 0.2) is 5.71 Å². The number of amides is 1. The molecule has 3 N–H and O–H groups in total. The molecule has 0 bridgehead atoms. The van der Waals surface area contributed by atoms with Crippen LogP contribution in [-0.4, -0.2) is 22.0 Å². The highest BCUT2D eigenvalue weighted by Gasteiger charge is 2.11. The molecule has 0 spiro atoms. The normalized spacial score (nSPS) is 11.1. The molecule has 0 atom stereocenters. The van der Waals surface area contributed by atoms with E-state index in [-0.39, 0.29) is 12.1 Å². The van der Waals surface area contributed by atoms with E-state index in [9.17, 15) is 4.79 Å². The lowest BCUT2D eigenvalue weighted by Gasteiger charge is -2.01. The van der Waals surface area contributed by atoms with Crippen LogP contribution >= 0.6 is 0 Å². The summed E-state index contributed by atoms with van der Waals surface area (Å²) in [6.07, 6.45) is 0.170. The minimum absolute atomic E-state index is 0.140. The Hall–Kier alpha value is -1.88. The molecule has 1 amide bonds. The Morgan fingerprint density at radius 2 is 2.00 bits per heavy atom. The zero-order valence-electron chi connectivity index (χ0n) is 7.34. The average molecular weight is 194 g/mol. The fourth-order valence-corrected chi connectivity index (χ4v) is 1.01. The SMILES string of the molecule is O=C(NO)/C(Cc1ccccc1)=N\O. The van der Waals surface area contributed by atoms with Gasteiger partial charge in [-0.15, -0.1) is 0 Å². The summed E-state index contributed by atoms with van der Waals surface area (Å²) >= 11 is 0. The lowest BCUT2D eigenvalue weighted by Crippen LogP contribution is -2.29. The van der Waals surface area contributed by atoms with Crippen molar-refractivity contribution in [3.63, 3.8) is 0 Å². The first-order valence-electron chi connectivity index (χ1n) is 3.97.